The van der Waals surface area contributed by atoms with Crippen molar-refractivity contribution in [3.8, 4) is 28.3 Å². The molecule has 2 aliphatic rings. The number of benzene rings is 2. The lowest BCUT2D eigenvalue weighted by Gasteiger charge is -2.32. The number of piperazine rings is 1. The highest BCUT2D eigenvalue weighted by Gasteiger charge is 2.39. The van der Waals surface area contributed by atoms with Crippen LogP contribution in [0.15, 0.2) is 60.9 Å². The molecule has 2 saturated heterocycles. The normalized spacial score (nSPS) is 17.8. The molecule has 2 aliphatic heterocycles. The SMILES string of the molecule is COc1cccc(F)c1-c1nccc(C(=O)Nc2cc(F)c(-c3ccc(CO)nc3)cc2N2C[C@@H]3C[C@H]2CN3)n1. The van der Waals surface area contributed by atoms with Gasteiger partial charge in [-0.1, -0.05) is 12.1 Å². The van der Waals surface area contributed by atoms with E-state index in [1.54, 1.807) is 24.3 Å². The van der Waals surface area contributed by atoms with Crippen molar-refractivity contribution in [1.82, 2.24) is 20.3 Å². The largest absolute Gasteiger partial charge is 0.496 e. The van der Waals surface area contributed by atoms with Gasteiger partial charge in [-0.15, -0.1) is 0 Å². The maximum Gasteiger partial charge on any atom is 0.274 e. The van der Waals surface area contributed by atoms with Gasteiger partial charge in [0.2, 0.25) is 0 Å². The highest BCUT2D eigenvalue weighted by Crippen LogP contribution is 2.39. The molecule has 0 spiro atoms. The highest BCUT2D eigenvalue weighted by molar-refractivity contribution is 6.05. The number of carbonyl (C=O) groups is 1. The van der Waals surface area contributed by atoms with Crippen molar-refractivity contribution in [3.05, 3.63) is 83.9 Å². The lowest BCUT2D eigenvalue weighted by atomic mass is 10.0. The summed E-state index contributed by atoms with van der Waals surface area (Å²) in [5.74, 6) is -1.50. The molecule has 204 valence electrons. The van der Waals surface area contributed by atoms with Crippen LogP contribution in [-0.4, -0.2) is 58.2 Å². The van der Waals surface area contributed by atoms with Gasteiger partial charge in [0.1, 0.15) is 23.1 Å². The van der Waals surface area contributed by atoms with Gasteiger partial charge in [0.15, 0.2) is 5.82 Å². The predicted molar refractivity (Wildman–Crippen MR) is 145 cm³/mol. The van der Waals surface area contributed by atoms with E-state index in [0.29, 0.717) is 40.8 Å². The molecular formula is C29H26F2N6O3. The van der Waals surface area contributed by atoms with Crippen molar-refractivity contribution < 1.29 is 23.4 Å². The Morgan fingerprint density at radius 3 is 2.75 bits per heavy atom. The maximum atomic E-state index is 15.5. The van der Waals surface area contributed by atoms with Crippen molar-refractivity contribution in [2.45, 2.75) is 25.1 Å². The third kappa shape index (κ3) is 4.74. The van der Waals surface area contributed by atoms with Gasteiger partial charge in [-0.05, 0) is 36.8 Å². The number of aromatic nitrogens is 3. The van der Waals surface area contributed by atoms with E-state index in [9.17, 15) is 14.3 Å². The summed E-state index contributed by atoms with van der Waals surface area (Å²) in [6.07, 6.45) is 3.83. The molecule has 0 radical (unpaired) electrons. The number of carbonyl (C=O) groups excluding carboxylic acids is 1. The number of rotatable bonds is 7. The van der Waals surface area contributed by atoms with E-state index in [1.165, 1.54) is 43.8 Å². The number of nitrogens with one attached hydrogen (secondary N) is 2. The molecule has 0 aliphatic carbocycles. The van der Waals surface area contributed by atoms with Crippen LogP contribution in [0.1, 0.15) is 22.6 Å². The van der Waals surface area contributed by atoms with Crippen molar-refractivity contribution in [2.24, 2.45) is 0 Å². The van der Waals surface area contributed by atoms with Gasteiger partial charge in [-0.25, -0.2) is 18.7 Å². The Morgan fingerprint density at radius 2 is 2.05 bits per heavy atom. The Kier molecular flexibility index (Phi) is 6.82. The molecule has 2 fully saturated rings. The second-order valence-corrected chi connectivity index (χ2v) is 9.73. The Balaban J connectivity index is 1.36. The molecule has 2 aromatic heterocycles. The average molecular weight is 545 g/mol. The first-order valence-electron chi connectivity index (χ1n) is 12.8. The van der Waals surface area contributed by atoms with E-state index in [4.69, 9.17) is 4.74 Å². The van der Waals surface area contributed by atoms with Crippen molar-refractivity contribution >= 4 is 17.3 Å². The van der Waals surface area contributed by atoms with E-state index >= 15 is 4.39 Å². The number of amides is 1. The van der Waals surface area contributed by atoms with Crippen molar-refractivity contribution in [3.63, 3.8) is 0 Å². The molecule has 0 unspecified atom stereocenters. The quantitative estimate of drug-likeness (QED) is 0.322. The Bertz CT molecular complexity index is 1580. The minimum absolute atomic E-state index is 0.00824. The second-order valence-electron chi connectivity index (χ2n) is 9.73. The molecule has 40 heavy (non-hydrogen) atoms. The van der Waals surface area contributed by atoms with Gasteiger partial charge in [-0.3, -0.25) is 9.78 Å². The van der Waals surface area contributed by atoms with Crippen LogP contribution < -0.4 is 20.3 Å². The number of halogens is 2. The molecule has 3 N–H and O–H groups in total. The number of ether oxygens (including phenoxy) is 1. The van der Waals surface area contributed by atoms with Crippen LogP contribution in [0.25, 0.3) is 22.5 Å². The van der Waals surface area contributed by atoms with Crippen molar-refractivity contribution in [2.75, 3.05) is 30.4 Å². The second kappa shape index (κ2) is 10.6. The topological polar surface area (TPSA) is 112 Å². The zero-order valence-corrected chi connectivity index (χ0v) is 21.6. The molecule has 1 amide bonds. The number of methoxy groups -OCH3 is 1. The summed E-state index contributed by atoms with van der Waals surface area (Å²) in [4.78, 5) is 28.2. The monoisotopic (exact) mass is 544 g/mol. The molecule has 2 atom stereocenters. The predicted octanol–water partition coefficient (Wildman–Crippen LogP) is 3.79. The fourth-order valence-electron chi connectivity index (χ4n) is 5.34. The maximum absolute atomic E-state index is 15.5. The Morgan fingerprint density at radius 1 is 1.18 bits per heavy atom. The van der Waals surface area contributed by atoms with Crippen LogP contribution in [0.4, 0.5) is 20.2 Å². The zero-order chi connectivity index (χ0) is 27.8. The lowest BCUT2D eigenvalue weighted by Crippen LogP contribution is -2.44. The molecule has 0 saturated carbocycles. The van der Waals surface area contributed by atoms with E-state index in [1.807, 2.05) is 0 Å². The summed E-state index contributed by atoms with van der Waals surface area (Å²) >= 11 is 0. The number of pyridine rings is 1. The van der Waals surface area contributed by atoms with Gasteiger partial charge in [-0.2, -0.15) is 0 Å². The number of nitrogens with zero attached hydrogens (tertiary/aromatic N) is 4. The van der Waals surface area contributed by atoms with Crippen molar-refractivity contribution in [1.29, 1.82) is 0 Å². The number of fused-ring (bicyclic) bond motifs is 2. The molecule has 11 heteroatoms. The molecule has 2 aromatic carbocycles. The van der Waals surface area contributed by atoms with Gasteiger partial charge in [0.25, 0.3) is 5.91 Å². The summed E-state index contributed by atoms with van der Waals surface area (Å²) < 4.78 is 35.4. The third-order valence-corrected chi connectivity index (χ3v) is 7.30. The first kappa shape index (κ1) is 25.8. The third-order valence-electron chi connectivity index (χ3n) is 7.30. The van der Waals surface area contributed by atoms with Gasteiger partial charge in [0, 0.05) is 54.8 Å². The number of anilines is 2. The van der Waals surface area contributed by atoms with E-state index in [-0.39, 0.29) is 35.5 Å². The number of aliphatic hydroxyl groups excluding tert-OH is 1. The number of hydrogen-bond donors (Lipinski definition) is 3. The molecule has 2 bridgehead atoms. The van der Waals surface area contributed by atoms with Crippen LogP contribution in [0.3, 0.4) is 0 Å². The number of hydrogen-bond acceptors (Lipinski definition) is 8. The Labute approximate surface area is 228 Å². The molecule has 6 rings (SSSR count). The summed E-state index contributed by atoms with van der Waals surface area (Å²) in [5.41, 5.74) is 2.36. The first-order chi connectivity index (χ1) is 19.4. The summed E-state index contributed by atoms with van der Waals surface area (Å²) in [6.45, 7) is 1.29. The van der Waals surface area contributed by atoms with Crippen LogP contribution in [0.2, 0.25) is 0 Å². The van der Waals surface area contributed by atoms with Gasteiger partial charge in [0.05, 0.1) is 36.3 Å². The fourth-order valence-corrected chi connectivity index (χ4v) is 5.34. The smallest absolute Gasteiger partial charge is 0.274 e. The standard InChI is InChI=1S/C29H26F2N6O3/c1-40-26-4-2-3-21(30)27(26)28-32-8-7-23(35-28)29(39)36-24-11-22(31)20(16-5-6-17(15-38)33-12-16)10-25(24)37-14-18-9-19(37)13-34-18/h2-8,10-12,18-19,34,38H,9,13-15H2,1H3,(H,36,39)/t18-,19-/m0/s1. The molecule has 4 heterocycles. The molecular weight excluding hydrogens is 518 g/mol. The summed E-state index contributed by atoms with van der Waals surface area (Å²) in [6, 6.07) is 12.6. The minimum Gasteiger partial charge on any atom is -0.496 e. The van der Waals surface area contributed by atoms with Crippen LogP contribution in [-0.2, 0) is 6.61 Å². The van der Waals surface area contributed by atoms with E-state index in [0.717, 1.165) is 13.0 Å². The van der Waals surface area contributed by atoms with Gasteiger partial charge >= 0.3 is 0 Å². The molecule has 4 aromatic rings. The average Bonchev–Trinajstić information content (AvgIpc) is 3.61. The Hall–Kier alpha value is -4.48. The van der Waals surface area contributed by atoms with E-state index in [2.05, 4.69) is 30.5 Å². The number of aliphatic hydroxyl groups is 1. The van der Waals surface area contributed by atoms with Crippen LogP contribution in [0, 0.1) is 11.6 Å². The summed E-state index contributed by atoms with van der Waals surface area (Å²) in [7, 11) is 1.41. The van der Waals surface area contributed by atoms with E-state index < -0.39 is 17.5 Å². The first-order valence-corrected chi connectivity index (χ1v) is 12.8. The lowest BCUT2D eigenvalue weighted by molar-refractivity contribution is 0.102. The highest BCUT2D eigenvalue weighted by atomic mass is 19.1. The molecule has 9 nitrogen and oxygen atoms in total. The van der Waals surface area contributed by atoms with Gasteiger partial charge < -0.3 is 25.4 Å². The summed E-state index contributed by atoms with van der Waals surface area (Å²) in [5, 5.41) is 15.6. The zero-order valence-electron chi connectivity index (χ0n) is 21.6. The fraction of sp³-hybridized carbons (Fsp3) is 0.241. The van der Waals surface area contributed by atoms with Crippen LogP contribution in [0.5, 0.6) is 5.75 Å². The minimum atomic E-state index is -0.594. The van der Waals surface area contributed by atoms with Crippen LogP contribution >= 0.6 is 0 Å².